The predicted octanol–water partition coefficient (Wildman–Crippen LogP) is 3.91. The van der Waals surface area contributed by atoms with Gasteiger partial charge in [0.1, 0.15) is 11.6 Å². The van der Waals surface area contributed by atoms with Gasteiger partial charge in [-0.15, -0.1) is 0 Å². The molecule has 0 bridgehead atoms. The summed E-state index contributed by atoms with van der Waals surface area (Å²) in [6, 6.07) is 1.85. The van der Waals surface area contributed by atoms with Crippen molar-refractivity contribution in [1.82, 2.24) is 0 Å². The van der Waals surface area contributed by atoms with E-state index in [4.69, 9.17) is 5.11 Å². The molecule has 0 fully saturated rings. The van der Waals surface area contributed by atoms with Crippen LogP contribution in [0.1, 0.15) is 0 Å². The van der Waals surface area contributed by atoms with Crippen molar-refractivity contribution in [2.45, 2.75) is 10.4 Å². The minimum absolute atomic E-state index is 0.180. The van der Waals surface area contributed by atoms with Gasteiger partial charge in [-0.3, -0.25) is 0 Å². The van der Waals surface area contributed by atoms with E-state index in [1.165, 1.54) is 0 Å². The summed E-state index contributed by atoms with van der Waals surface area (Å²) in [4.78, 5) is -0.819. The van der Waals surface area contributed by atoms with Crippen molar-refractivity contribution in [3.63, 3.8) is 0 Å². The standard InChI is InChI=1S/C7H3BrF4OS/c8-3-1-4(9)6(5(13)2-3)14-7(10,11)12/h1-2,13H. The van der Waals surface area contributed by atoms with Gasteiger partial charge in [0.2, 0.25) is 0 Å². The Morgan fingerprint density at radius 2 is 1.86 bits per heavy atom. The fraction of sp³-hybridized carbons (Fsp3) is 0.143. The molecule has 0 aromatic heterocycles. The van der Waals surface area contributed by atoms with Gasteiger partial charge in [-0.25, -0.2) is 4.39 Å². The summed E-state index contributed by atoms with van der Waals surface area (Å²) in [6.45, 7) is 0. The van der Waals surface area contributed by atoms with E-state index < -0.39 is 33.7 Å². The lowest BCUT2D eigenvalue weighted by molar-refractivity contribution is -0.0330. The van der Waals surface area contributed by atoms with Gasteiger partial charge in [0.05, 0.1) is 4.90 Å². The molecule has 1 nitrogen and oxygen atoms in total. The molecular formula is C7H3BrF4OS. The smallest absolute Gasteiger partial charge is 0.446 e. The van der Waals surface area contributed by atoms with E-state index in [-0.39, 0.29) is 4.47 Å². The van der Waals surface area contributed by atoms with E-state index in [9.17, 15) is 17.6 Å². The lowest BCUT2D eigenvalue weighted by Gasteiger charge is -2.08. The lowest BCUT2D eigenvalue weighted by Crippen LogP contribution is -2.00. The first kappa shape index (κ1) is 11.6. The largest absolute Gasteiger partial charge is 0.507 e. The van der Waals surface area contributed by atoms with Crippen LogP contribution in [-0.2, 0) is 0 Å². The Hall–Kier alpha value is -0.430. The first-order valence-electron chi connectivity index (χ1n) is 3.23. The number of hydrogen-bond acceptors (Lipinski definition) is 2. The molecule has 0 radical (unpaired) electrons. The Bertz CT molecular complexity index is 329. The van der Waals surface area contributed by atoms with E-state index >= 15 is 0 Å². The van der Waals surface area contributed by atoms with E-state index in [0.717, 1.165) is 12.1 Å². The second-order valence-corrected chi connectivity index (χ2v) is 4.27. The van der Waals surface area contributed by atoms with Gasteiger partial charge in [-0.1, -0.05) is 15.9 Å². The van der Waals surface area contributed by atoms with Crippen LogP contribution in [0.3, 0.4) is 0 Å². The van der Waals surface area contributed by atoms with Crippen molar-refractivity contribution < 1.29 is 22.7 Å². The van der Waals surface area contributed by atoms with Gasteiger partial charge in [0.25, 0.3) is 0 Å². The van der Waals surface area contributed by atoms with Gasteiger partial charge in [-0.2, -0.15) is 13.2 Å². The summed E-state index contributed by atoms with van der Waals surface area (Å²) in [7, 11) is 0. The third-order valence-electron chi connectivity index (χ3n) is 1.21. The number of hydrogen-bond donors (Lipinski definition) is 1. The maximum atomic E-state index is 12.9. The molecule has 1 aromatic rings. The zero-order valence-corrected chi connectivity index (χ0v) is 8.80. The maximum absolute atomic E-state index is 12.9. The minimum atomic E-state index is -4.62. The molecule has 78 valence electrons. The highest BCUT2D eigenvalue weighted by Gasteiger charge is 2.32. The third-order valence-corrected chi connectivity index (χ3v) is 2.50. The highest BCUT2D eigenvalue weighted by atomic mass is 79.9. The van der Waals surface area contributed by atoms with Crippen LogP contribution >= 0.6 is 27.7 Å². The van der Waals surface area contributed by atoms with Crippen LogP contribution in [0.2, 0.25) is 0 Å². The monoisotopic (exact) mass is 290 g/mol. The van der Waals surface area contributed by atoms with Gasteiger partial charge >= 0.3 is 5.51 Å². The summed E-state index contributed by atoms with van der Waals surface area (Å²) in [5.74, 6) is -1.85. The van der Waals surface area contributed by atoms with Crippen LogP contribution in [0.25, 0.3) is 0 Å². The van der Waals surface area contributed by atoms with Crippen LogP contribution in [-0.4, -0.2) is 10.6 Å². The Morgan fingerprint density at radius 3 is 2.29 bits per heavy atom. The summed E-state index contributed by atoms with van der Waals surface area (Å²) in [6.07, 6.45) is 0. The fourth-order valence-electron chi connectivity index (χ4n) is 0.764. The number of halogens is 5. The highest BCUT2D eigenvalue weighted by Crippen LogP contribution is 2.43. The Morgan fingerprint density at radius 1 is 1.29 bits per heavy atom. The van der Waals surface area contributed by atoms with Crippen molar-refractivity contribution in [3.05, 3.63) is 22.4 Å². The number of thioether (sulfide) groups is 1. The molecule has 0 aliphatic carbocycles. The zero-order chi connectivity index (χ0) is 10.9. The highest BCUT2D eigenvalue weighted by molar-refractivity contribution is 9.10. The molecule has 0 aliphatic heterocycles. The van der Waals surface area contributed by atoms with Crippen molar-refractivity contribution in [2.75, 3.05) is 0 Å². The molecule has 1 rings (SSSR count). The molecule has 0 atom stereocenters. The Labute approximate surface area is 89.2 Å². The van der Waals surface area contributed by atoms with Crippen LogP contribution in [0, 0.1) is 5.82 Å². The molecular weight excluding hydrogens is 288 g/mol. The molecule has 14 heavy (non-hydrogen) atoms. The second kappa shape index (κ2) is 3.98. The molecule has 0 saturated carbocycles. The molecule has 0 aliphatic rings. The zero-order valence-electron chi connectivity index (χ0n) is 6.40. The van der Waals surface area contributed by atoms with E-state index in [2.05, 4.69) is 15.9 Å². The molecule has 0 saturated heterocycles. The topological polar surface area (TPSA) is 20.2 Å². The second-order valence-electron chi connectivity index (χ2n) is 2.28. The number of benzene rings is 1. The molecule has 0 unspecified atom stereocenters. The normalized spacial score (nSPS) is 11.8. The Balaban J connectivity index is 3.09. The molecule has 1 N–H and O–H groups in total. The van der Waals surface area contributed by atoms with Gasteiger partial charge in [0, 0.05) is 4.47 Å². The van der Waals surface area contributed by atoms with E-state index in [1.807, 2.05) is 0 Å². The van der Waals surface area contributed by atoms with Gasteiger partial charge in [-0.05, 0) is 23.9 Å². The summed E-state index contributed by atoms with van der Waals surface area (Å²) < 4.78 is 48.7. The first-order valence-corrected chi connectivity index (χ1v) is 4.84. The summed E-state index contributed by atoms with van der Waals surface area (Å²) in [5, 5.41) is 9.04. The molecule has 0 amide bonds. The fourth-order valence-corrected chi connectivity index (χ4v) is 1.73. The molecule has 0 heterocycles. The van der Waals surface area contributed by atoms with Crippen LogP contribution in [0.4, 0.5) is 17.6 Å². The average Bonchev–Trinajstić information content (AvgIpc) is 1.95. The quantitative estimate of drug-likeness (QED) is 0.625. The van der Waals surface area contributed by atoms with Crippen molar-refractivity contribution in [2.24, 2.45) is 0 Å². The number of rotatable bonds is 1. The Kier molecular flexibility index (Phi) is 3.31. The van der Waals surface area contributed by atoms with Gasteiger partial charge < -0.3 is 5.11 Å². The van der Waals surface area contributed by atoms with Crippen LogP contribution < -0.4 is 0 Å². The van der Waals surface area contributed by atoms with Crippen molar-refractivity contribution in [1.29, 1.82) is 0 Å². The van der Waals surface area contributed by atoms with Crippen LogP contribution in [0.15, 0.2) is 21.5 Å². The predicted molar refractivity (Wildman–Crippen MR) is 47.7 cm³/mol. The van der Waals surface area contributed by atoms with Crippen LogP contribution in [0.5, 0.6) is 5.75 Å². The number of alkyl halides is 3. The first-order chi connectivity index (χ1) is 6.29. The number of phenols is 1. The minimum Gasteiger partial charge on any atom is -0.507 e. The van der Waals surface area contributed by atoms with E-state index in [1.54, 1.807) is 0 Å². The van der Waals surface area contributed by atoms with E-state index in [0.29, 0.717) is 0 Å². The molecule has 0 spiro atoms. The number of phenolic OH excluding ortho intramolecular Hbond substituents is 1. The summed E-state index contributed by atoms with van der Waals surface area (Å²) >= 11 is 2.15. The lowest BCUT2D eigenvalue weighted by atomic mass is 10.3. The van der Waals surface area contributed by atoms with Crippen molar-refractivity contribution in [3.8, 4) is 5.75 Å². The third kappa shape index (κ3) is 3.06. The molecule has 7 heteroatoms. The van der Waals surface area contributed by atoms with Crippen molar-refractivity contribution >= 4 is 27.7 Å². The summed E-state index contributed by atoms with van der Waals surface area (Å²) in [5.41, 5.74) is -4.62. The SMILES string of the molecule is Oc1cc(Br)cc(F)c1SC(F)(F)F. The average molecular weight is 291 g/mol. The molecule has 1 aromatic carbocycles. The number of aromatic hydroxyl groups is 1. The maximum Gasteiger partial charge on any atom is 0.446 e. The van der Waals surface area contributed by atoms with Gasteiger partial charge in [0.15, 0.2) is 0 Å².